The fourth-order valence-corrected chi connectivity index (χ4v) is 3.51. The van der Waals surface area contributed by atoms with Crippen LogP contribution in [0.5, 0.6) is 0 Å². The second-order valence-electron chi connectivity index (χ2n) is 5.53. The highest BCUT2D eigenvalue weighted by Gasteiger charge is 2.25. The van der Waals surface area contributed by atoms with Gasteiger partial charge < -0.3 is 10.1 Å². The number of morpholine rings is 1. The molecule has 2 heterocycles. The zero-order valence-corrected chi connectivity index (χ0v) is 13.8. The molecule has 24 heavy (non-hydrogen) atoms. The van der Waals surface area contributed by atoms with Gasteiger partial charge in [0.2, 0.25) is 0 Å². The normalized spacial score (nSPS) is 16.8. The minimum atomic E-state index is -0.856. The van der Waals surface area contributed by atoms with Crippen LogP contribution in [0.25, 0.3) is 0 Å². The summed E-state index contributed by atoms with van der Waals surface area (Å²) in [5, 5.41) is 6.67. The van der Waals surface area contributed by atoms with Crippen molar-refractivity contribution in [1.29, 1.82) is 0 Å². The second-order valence-corrected chi connectivity index (χ2v) is 6.31. The molecular weight excluding hydrogens is 334 g/mol. The van der Waals surface area contributed by atoms with Crippen LogP contribution in [0.3, 0.4) is 0 Å². The third-order valence-corrected chi connectivity index (χ3v) is 4.76. The molecule has 1 saturated heterocycles. The van der Waals surface area contributed by atoms with Crippen LogP contribution in [-0.4, -0.2) is 43.7 Å². The molecule has 7 heteroatoms. The minimum Gasteiger partial charge on any atom is -0.379 e. The highest BCUT2D eigenvalue weighted by atomic mass is 32.1. The summed E-state index contributed by atoms with van der Waals surface area (Å²) in [6, 6.07) is 5.36. The molecule has 0 aliphatic carbocycles. The van der Waals surface area contributed by atoms with Gasteiger partial charge in [-0.15, -0.1) is 0 Å². The van der Waals surface area contributed by atoms with Crippen LogP contribution < -0.4 is 5.32 Å². The lowest BCUT2D eigenvalue weighted by Crippen LogP contribution is -2.43. The first-order valence-electron chi connectivity index (χ1n) is 7.73. The van der Waals surface area contributed by atoms with E-state index in [-0.39, 0.29) is 12.6 Å². The van der Waals surface area contributed by atoms with Gasteiger partial charge >= 0.3 is 0 Å². The topological polar surface area (TPSA) is 41.6 Å². The standard InChI is InChI=1S/C17H18F2N2O2S/c18-13-2-1-3-14(19)16(13)17(22)20-10-15(12-4-9-24-11-12)21-5-7-23-8-6-21/h1-4,9,11,15H,5-8,10H2,(H,20,22)/t15-/m1/s1. The zero-order chi connectivity index (χ0) is 16.9. The van der Waals surface area contributed by atoms with Crippen LogP contribution in [0.2, 0.25) is 0 Å². The molecule has 3 rings (SSSR count). The maximum Gasteiger partial charge on any atom is 0.257 e. The molecule has 0 saturated carbocycles. The summed E-state index contributed by atoms with van der Waals surface area (Å²) in [7, 11) is 0. The molecule has 1 aromatic heterocycles. The predicted molar refractivity (Wildman–Crippen MR) is 88.1 cm³/mol. The van der Waals surface area contributed by atoms with Crippen molar-refractivity contribution in [2.75, 3.05) is 32.8 Å². The molecule has 1 N–H and O–H groups in total. The van der Waals surface area contributed by atoms with Crippen molar-refractivity contribution in [1.82, 2.24) is 10.2 Å². The van der Waals surface area contributed by atoms with Gasteiger partial charge in [0.05, 0.1) is 19.3 Å². The molecule has 0 spiro atoms. The van der Waals surface area contributed by atoms with Crippen LogP contribution in [-0.2, 0) is 4.74 Å². The molecule has 0 radical (unpaired) electrons. The average Bonchev–Trinajstić information content (AvgIpc) is 3.10. The second kappa shape index (κ2) is 7.83. The van der Waals surface area contributed by atoms with Crippen molar-refractivity contribution >= 4 is 17.2 Å². The number of hydrogen-bond donors (Lipinski definition) is 1. The van der Waals surface area contributed by atoms with E-state index in [2.05, 4.69) is 10.2 Å². The lowest BCUT2D eigenvalue weighted by atomic mass is 10.1. The molecule has 0 bridgehead atoms. The van der Waals surface area contributed by atoms with Crippen LogP contribution in [0.15, 0.2) is 35.0 Å². The molecule has 4 nitrogen and oxygen atoms in total. The Balaban J connectivity index is 1.72. The number of nitrogens with one attached hydrogen (secondary N) is 1. The molecule has 1 aliphatic rings. The SMILES string of the molecule is O=C(NC[C@H](c1ccsc1)N1CCOCC1)c1c(F)cccc1F. The summed E-state index contributed by atoms with van der Waals surface area (Å²) >= 11 is 1.58. The largest absolute Gasteiger partial charge is 0.379 e. The van der Waals surface area contributed by atoms with E-state index in [1.165, 1.54) is 6.07 Å². The monoisotopic (exact) mass is 352 g/mol. The fraction of sp³-hybridized carbons (Fsp3) is 0.353. The minimum absolute atomic E-state index is 0.0427. The number of ether oxygens (including phenoxy) is 1. The van der Waals surface area contributed by atoms with E-state index in [0.29, 0.717) is 13.2 Å². The van der Waals surface area contributed by atoms with Gasteiger partial charge in [0.1, 0.15) is 17.2 Å². The first kappa shape index (κ1) is 17.0. The molecule has 0 unspecified atom stereocenters. The van der Waals surface area contributed by atoms with Crippen molar-refractivity contribution in [3.05, 3.63) is 57.8 Å². The fourth-order valence-electron chi connectivity index (χ4n) is 2.80. The molecular formula is C17H18F2N2O2S. The van der Waals surface area contributed by atoms with Crippen molar-refractivity contribution in [3.8, 4) is 0 Å². The van der Waals surface area contributed by atoms with E-state index in [4.69, 9.17) is 4.74 Å². The van der Waals surface area contributed by atoms with E-state index < -0.39 is 23.1 Å². The predicted octanol–water partition coefficient (Wildman–Crippen LogP) is 2.83. The molecule has 1 aliphatic heterocycles. The number of benzene rings is 1. The van der Waals surface area contributed by atoms with Gasteiger partial charge in [-0.1, -0.05) is 6.07 Å². The van der Waals surface area contributed by atoms with Gasteiger partial charge in [0, 0.05) is 19.6 Å². The van der Waals surface area contributed by atoms with Gasteiger partial charge in [-0.3, -0.25) is 9.69 Å². The number of halogens is 2. The molecule has 1 aromatic carbocycles. The Kier molecular flexibility index (Phi) is 5.55. The number of carbonyl (C=O) groups excluding carboxylic acids is 1. The Labute approximate surface area is 143 Å². The summed E-state index contributed by atoms with van der Waals surface area (Å²) in [5.74, 6) is -2.45. The highest BCUT2D eigenvalue weighted by molar-refractivity contribution is 7.07. The van der Waals surface area contributed by atoms with Gasteiger partial charge in [0.15, 0.2) is 0 Å². The average molecular weight is 352 g/mol. The smallest absolute Gasteiger partial charge is 0.257 e. The maximum absolute atomic E-state index is 13.7. The van der Waals surface area contributed by atoms with Crippen LogP contribution >= 0.6 is 11.3 Å². The first-order valence-corrected chi connectivity index (χ1v) is 8.67. The van der Waals surface area contributed by atoms with Crippen LogP contribution in [0, 0.1) is 11.6 Å². The summed E-state index contributed by atoms with van der Waals surface area (Å²) < 4.78 is 32.8. The lowest BCUT2D eigenvalue weighted by Gasteiger charge is -2.34. The number of thiophene rings is 1. The summed E-state index contributed by atoms with van der Waals surface area (Å²) in [5.41, 5.74) is 0.541. The zero-order valence-electron chi connectivity index (χ0n) is 13.0. The number of nitrogens with zero attached hydrogens (tertiary/aromatic N) is 1. The van der Waals surface area contributed by atoms with E-state index in [0.717, 1.165) is 30.8 Å². The molecule has 1 fully saturated rings. The van der Waals surface area contributed by atoms with Crippen molar-refractivity contribution in [2.45, 2.75) is 6.04 Å². The summed E-state index contributed by atoms with van der Waals surface area (Å²) in [6.45, 7) is 3.06. The molecule has 128 valence electrons. The summed E-state index contributed by atoms with van der Waals surface area (Å²) in [6.07, 6.45) is 0. The number of carbonyl (C=O) groups is 1. The van der Waals surface area contributed by atoms with Crippen molar-refractivity contribution in [3.63, 3.8) is 0 Å². The van der Waals surface area contributed by atoms with E-state index in [1.54, 1.807) is 11.3 Å². The van der Waals surface area contributed by atoms with Gasteiger partial charge in [-0.05, 0) is 34.5 Å². The molecule has 1 atom stereocenters. The maximum atomic E-state index is 13.7. The lowest BCUT2D eigenvalue weighted by molar-refractivity contribution is 0.0163. The van der Waals surface area contributed by atoms with Crippen molar-refractivity contribution in [2.24, 2.45) is 0 Å². The Morgan fingerprint density at radius 2 is 1.96 bits per heavy atom. The number of amides is 1. The molecule has 2 aromatic rings. The Morgan fingerprint density at radius 1 is 1.25 bits per heavy atom. The van der Waals surface area contributed by atoms with Gasteiger partial charge in [0.25, 0.3) is 5.91 Å². The third-order valence-electron chi connectivity index (χ3n) is 4.06. The third kappa shape index (κ3) is 3.80. The van der Waals surface area contributed by atoms with Crippen LogP contribution in [0.4, 0.5) is 8.78 Å². The number of hydrogen-bond acceptors (Lipinski definition) is 4. The highest BCUT2D eigenvalue weighted by Crippen LogP contribution is 2.23. The number of rotatable bonds is 5. The Morgan fingerprint density at radius 3 is 2.58 bits per heavy atom. The quantitative estimate of drug-likeness (QED) is 0.900. The van der Waals surface area contributed by atoms with Gasteiger partial charge in [-0.2, -0.15) is 11.3 Å². The van der Waals surface area contributed by atoms with Crippen LogP contribution in [0.1, 0.15) is 22.0 Å². The van der Waals surface area contributed by atoms with E-state index in [9.17, 15) is 13.6 Å². The first-order chi connectivity index (χ1) is 11.7. The van der Waals surface area contributed by atoms with Gasteiger partial charge in [-0.25, -0.2) is 8.78 Å². The molecule has 1 amide bonds. The summed E-state index contributed by atoms with van der Waals surface area (Å²) in [4.78, 5) is 14.4. The van der Waals surface area contributed by atoms with E-state index >= 15 is 0 Å². The van der Waals surface area contributed by atoms with E-state index in [1.807, 2.05) is 16.8 Å². The van der Waals surface area contributed by atoms with Crippen molar-refractivity contribution < 1.29 is 18.3 Å². The Hall–Kier alpha value is -1.83. The Bertz CT molecular complexity index is 668.